The van der Waals surface area contributed by atoms with Gasteiger partial charge in [-0.05, 0) is 24.3 Å². The molecule has 8 nitrogen and oxygen atoms in total. The number of carbonyl (C=O) groups excluding carboxylic acids is 1. The predicted octanol–water partition coefficient (Wildman–Crippen LogP) is 1.27. The second kappa shape index (κ2) is 7.55. The monoisotopic (exact) mass is 365 g/mol. The lowest BCUT2D eigenvalue weighted by Gasteiger charge is -2.30. The zero-order chi connectivity index (χ0) is 18.6. The van der Waals surface area contributed by atoms with Crippen molar-refractivity contribution in [2.45, 2.75) is 6.54 Å². The van der Waals surface area contributed by atoms with E-state index >= 15 is 0 Å². The number of nitrogens with one attached hydrogen (secondary N) is 1. The maximum atomic E-state index is 12.5. The molecular weight excluding hydrogens is 346 g/mol. The van der Waals surface area contributed by atoms with E-state index in [9.17, 15) is 9.59 Å². The van der Waals surface area contributed by atoms with Crippen LogP contribution in [0.2, 0.25) is 0 Å². The Labute approximate surface area is 155 Å². The molecule has 0 unspecified atom stereocenters. The van der Waals surface area contributed by atoms with Gasteiger partial charge < -0.3 is 15.0 Å². The first-order chi connectivity index (χ1) is 13.2. The van der Waals surface area contributed by atoms with Gasteiger partial charge in [0.25, 0.3) is 5.56 Å². The quantitative estimate of drug-likeness (QED) is 0.749. The van der Waals surface area contributed by atoms with Crippen LogP contribution < -0.4 is 15.8 Å². The van der Waals surface area contributed by atoms with E-state index in [4.69, 9.17) is 4.74 Å². The van der Waals surface area contributed by atoms with E-state index in [1.54, 1.807) is 24.3 Å². The standard InChI is InChI=1S/C19H19N5O3/c25-18(13-24-19(26)14-5-1-2-6-15(14)21-22-24)20-16-7-3-4-8-17(16)23-9-11-27-12-10-23/h1-8H,9-13H2,(H,20,25). The molecule has 8 heteroatoms. The van der Waals surface area contributed by atoms with Crippen molar-refractivity contribution in [3.05, 3.63) is 58.9 Å². The Balaban J connectivity index is 1.54. The first kappa shape index (κ1) is 17.2. The molecule has 0 radical (unpaired) electrons. The van der Waals surface area contributed by atoms with Crippen LogP contribution in [0.5, 0.6) is 0 Å². The molecule has 1 aliphatic heterocycles. The highest BCUT2D eigenvalue weighted by molar-refractivity contribution is 5.94. The minimum atomic E-state index is -0.336. The summed E-state index contributed by atoms with van der Waals surface area (Å²) < 4.78 is 6.47. The molecule has 1 aromatic heterocycles. The molecule has 0 saturated carbocycles. The van der Waals surface area contributed by atoms with Crippen molar-refractivity contribution in [3.63, 3.8) is 0 Å². The molecule has 1 fully saturated rings. The second-order valence-corrected chi connectivity index (χ2v) is 6.23. The highest BCUT2D eigenvalue weighted by Crippen LogP contribution is 2.26. The summed E-state index contributed by atoms with van der Waals surface area (Å²) >= 11 is 0. The normalized spacial score (nSPS) is 14.3. The first-order valence-electron chi connectivity index (χ1n) is 8.76. The van der Waals surface area contributed by atoms with Gasteiger partial charge in [-0.3, -0.25) is 9.59 Å². The number of nitrogens with zero attached hydrogens (tertiary/aromatic N) is 4. The number of ether oxygens (including phenoxy) is 1. The van der Waals surface area contributed by atoms with Crippen LogP contribution in [0.3, 0.4) is 0 Å². The number of anilines is 2. The van der Waals surface area contributed by atoms with Gasteiger partial charge in [0.1, 0.15) is 12.1 Å². The highest BCUT2D eigenvalue weighted by atomic mass is 16.5. The first-order valence-corrected chi connectivity index (χ1v) is 8.76. The molecule has 2 aromatic carbocycles. The predicted molar refractivity (Wildman–Crippen MR) is 102 cm³/mol. The van der Waals surface area contributed by atoms with E-state index in [-0.39, 0.29) is 18.0 Å². The van der Waals surface area contributed by atoms with Gasteiger partial charge in [0.15, 0.2) is 0 Å². The largest absolute Gasteiger partial charge is 0.378 e. The SMILES string of the molecule is O=C(Cn1nnc2ccccc2c1=O)Nc1ccccc1N1CCOCC1. The fourth-order valence-electron chi connectivity index (χ4n) is 3.11. The third-order valence-corrected chi connectivity index (χ3v) is 4.45. The Morgan fingerprint density at radius 2 is 1.81 bits per heavy atom. The molecule has 3 aromatic rings. The molecule has 1 amide bonds. The molecular formula is C19H19N5O3. The summed E-state index contributed by atoms with van der Waals surface area (Å²) in [7, 11) is 0. The Hall–Kier alpha value is -3.26. The van der Waals surface area contributed by atoms with Gasteiger partial charge in [-0.1, -0.05) is 29.5 Å². The maximum absolute atomic E-state index is 12.5. The lowest BCUT2D eigenvalue weighted by Crippen LogP contribution is -2.37. The summed E-state index contributed by atoms with van der Waals surface area (Å²) in [6.07, 6.45) is 0. The van der Waals surface area contributed by atoms with E-state index < -0.39 is 0 Å². The molecule has 0 atom stereocenters. The Morgan fingerprint density at radius 3 is 2.67 bits per heavy atom. The van der Waals surface area contributed by atoms with E-state index in [0.29, 0.717) is 29.8 Å². The number of hydrogen-bond donors (Lipinski definition) is 1. The minimum Gasteiger partial charge on any atom is -0.378 e. The van der Waals surface area contributed by atoms with Crippen molar-refractivity contribution in [2.75, 3.05) is 36.5 Å². The fourth-order valence-corrected chi connectivity index (χ4v) is 3.11. The lowest BCUT2D eigenvalue weighted by atomic mass is 10.2. The molecule has 1 aliphatic rings. The van der Waals surface area contributed by atoms with Crippen LogP contribution >= 0.6 is 0 Å². The van der Waals surface area contributed by atoms with Gasteiger partial charge >= 0.3 is 0 Å². The number of para-hydroxylation sites is 2. The molecule has 0 spiro atoms. The van der Waals surface area contributed by atoms with Gasteiger partial charge in [-0.15, -0.1) is 5.10 Å². The number of morpholine rings is 1. The van der Waals surface area contributed by atoms with E-state index in [0.717, 1.165) is 23.5 Å². The number of aromatic nitrogens is 3. The molecule has 0 aliphatic carbocycles. The number of benzene rings is 2. The van der Waals surface area contributed by atoms with Gasteiger partial charge in [-0.2, -0.15) is 0 Å². The average Bonchev–Trinajstić information content (AvgIpc) is 2.71. The second-order valence-electron chi connectivity index (χ2n) is 6.23. The molecule has 27 heavy (non-hydrogen) atoms. The fraction of sp³-hybridized carbons (Fsp3) is 0.263. The van der Waals surface area contributed by atoms with Crippen molar-refractivity contribution >= 4 is 28.2 Å². The van der Waals surface area contributed by atoms with Gasteiger partial charge in [0, 0.05) is 13.1 Å². The number of fused-ring (bicyclic) bond motifs is 1. The molecule has 4 rings (SSSR count). The van der Waals surface area contributed by atoms with Crippen molar-refractivity contribution in [3.8, 4) is 0 Å². The smallest absolute Gasteiger partial charge is 0.278 e. The number of hydrogen-bond acceptors (Lipinski definition) is 6. The summed E-state index contributed by atoms with van der Waals surface area (Å²) in [6.45, 7) is 2.65. The van der Waals surface area contributed by atoms with Crippen LogP contribution in [0.25, 0.3) is 10.9 Å². The van der Waals surface area contributed by atoms with Crippen LogP contribution in [0.15, 0.2) is 53.3 Å². The van der Waals surface area contributed by atoms with Gasteiger partial charge in [0.2, 0.25) is 5.91 Å². The zero-order valence-electron chi connectivity index (χ0n) is 14.7. The third-order valence-electron chi connectivity index (χ3n) is 4.45. The summed E-state index contributed by atoms with van der Waals surface area (Å²) in [5.41, 5.74) is 1.81. The van der Waals surface area contributed by atoms with E-state index in [1.165, 1.54) is 0 Å². The highest BCUT2D eigenvalue weighted by Gasteiger charge is 2.16. The number of rotatable bonds is 4. The topological polar surface area (TPSA) is 89.3 Å². The van der Waals surface area contributed by atoms with Crippen molar-refractivity contribution in [2.24, 2.45) is 0 Å². The van der Waals surface area contributed by atoms with Gasteiger partial charge in [0.05, 0.1) is 30.0 Å². The summed E-state index contributed by atoms with van der Waals surface area (Å²) in [6, 6.07) is 14.5. The minimum absolute atomic E-state index is 0.200. The Bertz CT molecular complexity index is 1030. The van der Waals surface area contributed by atoms with E-state index in [2.05, 4.69) is 20.5 Å². The number of amides is 1. The lowest BCUT2D eigenvalue weighted by molar-refractivity contribution is -0.117. The van der Waals surface area contributed by atoms with Crippen molar-refractivity contribution in [1.82, 2.24) is 15.0 Å². The Kier molecular flexibility index (Phi) is 4.80. The van der Waals surface area contributed by atoms with Crippen LogP contribution in [-0.4, -0.2) is 47.2 Å². The van der Waals surface area contributed by atoms with Crippen molar-refractivity contribution < 1.29 is 9.53 Å². The van der Waals surface area contributed by atoms with Crippen molar-refractivity contribution in [1.29, 1.82) is 0 Å². The molecule has 1 saturated heterocycles. The molecule has 0 bridgehead atoms. The van der Waals surface area contributed by atoms with Gasteiger partial charge in [-0.25, -0.2) is 4.68 Å². The van der Waals surface area contributed by atoms with Crippen LogP contribution in [-0.2, 0) is 16.1 Å². The Morgan fingerprint density at radius 1 is 1.07 bits per heavy atom. The molecule has 1 N–H and O–H groups in total. The van der Waals surface area contributed by atoms with E-state index in [1.807, 2.05) is 24.3 Å². The third kappa shape index (κ3) is 3.65. The maximum Gasteiger partial charge on any atom is 0.278 e. The summed E-state index contributed by atoms with van der Waals surface area (Å²) in [4.78, 5) is 27.2. The zero-order valence-corrected chi connectivity index (χ0v) is 14.7. The summed E-state index contributed by atoms with van der Waals surface area (Å²) in [5, 5.41) is 11.2. The van der Waals surface area contributed by atoms with Crippen LogP contribution in [0.1, 0.15) is 0 Å². The number of carbonyl (C=O) groups is 1. The molecule has 2 heterocycles. The summed E-state index contributed by atoms with van der Waals surface area (Å²) in [5.74, 6) is -0.331. The molecule has 138 valence electrons. The van der Waals surface area contributed by atoms with Crippen LogP contribution in [0.4, 0.5) is 11.4 Å². The van der Waals surface area contributed by atoms with Crippen LogP contribution in [0, 0.1) is 0 Å². The average molecular weight is 365 g/mol.